The molecule has 0 radical (unpaired) electrons. The van der Waals surface area contributed by atoms with E-state index in [0.29, 0.717) is 28.4 Å². The second-order valence-electron chi connectivity index (χ2n) is 6.09. The largest absolute Gasteiger partial charge is 0.495 e. The van der Waals surface area contributed by atoms with Crippen LogP contribution >= 0.6 is 11.8 Å². The normalized spacial score (nSPS) is 12.8. The fourth-order valence-electron chi connectivity index (χ4n) is 2.70. The smallest absolute Gasteiger partial charge is 0.264 e. The number of amides is 2. The van der Waals surface area contributed by atoms with Crippen LogP contribution in [-0.4, -0.2) is 49.9 Å². The number of ketones is 1. The molecule has 0 spiro atoms. The summed E-state index contributed by atoms with van der Waals surface area (Å²) in [6, 6.07) is 12.1. The average molecular weight is 400 g/mol. The van der Waals surface area contributed by atoms with E-state index < -0.39 is 0 Å². The summed E-state index contributed by atoms with van der Waals surface area (Å²) in [4.78, 5) is 37.8. The molecule has 1 heterocycles. The lowest BCUT2D eigenvalue weighted by Gasteiger charge is -2.26. The van der Waals surface area contributed by atoms with Crippen LogP contribution in [0.25, 0.3) is 0 Å². The maximum atomic E-state index is 12.4. The van der Waals surface area contributed by atoms with E-state index in [2.05, 4.69) is 5.32 Å². The molecule has 0 aromatic heterocycles. The van der Waals surface area contributed by atoms with E-state index in [1.165, 1.54) is 23.8 Å². The second kappa shape index (κ2) is 8.79. The summed E-state index contributed by atoms with van der Waals surface area (Å²) in [5.74, 6) is 0.928. The van der Waals surface area contributed by atoms with Crippen LogP contribution in [0.5, 0.6) is 11.5 Å². The Morgan fingerprint density at radius 3 is 2.79 bits per heavy atom. The van der Waals surface area contributed by atoms with Crippen molar-refractivity contribution < 1.29 is 23.9 Å². The number of anilines is 2. The molecule has 2 amide bonds. The average Bonchev–Trinajstić information content (AvgIpc) is 2.71. The SMILES string of the molecule is COc1ccccc1NC(=O)CSCC(=O)c1ccc2c(c1)N(C)C(=O)CO2. The Balaban J connectivity index is 1.55. The lowest BCUT2D eigenvalue weighted by molar-refractivity contribution is -0.121. The minimum Gasteiger partial charge on any atom is -0.495 e. The quantitative estimate of drug-likeness (QED) is 0.719. The van der Waals surface area contributed by atoms with E-state index >= 15 is 0 Å². The van der Waals surface area contributed by atoms with Gasteiger partial charge in [-0.3, -0.25) is 14.4 Å². The number of nitrogens with one attached hydrogen (secondary N) is 1. The van der Waals surface area contributed by atoms with Gasteiger partial charge in [-0.15, -0.1) is 11.8 Å². The minimum atomic E-state index is -0.216. The van der Waals surface area contributed by atoms with Crippen molar-refractivity contribution in [2.24, 2.45) is 0 Å². The molecule has 0 fully saturated rings. The molecule has 1 aliphatic rings. The third-order valence-corrected chi connectivity index (χ3v) is 5.15. The molecule has 7 nitrogen and oxygen atoms in total. The van der Waals surface area contributed by atoms with Gasteiger partial charge in [0.15, 0.2) is 12.4 Å². The Morgan fingerprint density at radius 2 is 2.00 bits per heavy atom. The Kier molecular flexibility index (Phi) is 6.20. The van der Waals surface area contributed by atoms with Crippen molar-refractivity contribution in [3.05, 3.63) is 48.0 Å². The highest BCUT2D eigenvalue weighted by molar-refractivity contribution is 8.00. The van der Waals surface area contributed by atoms with Gasteiger partial charge in [-0.2, -0.15) is 0 Å². The van der Waals surface area contributed by atoms with Crippen LogP contribution in [0.15, 0.2) is 42.5 Å². The maximum absolute atomic E-state index is 12.4. The first-order valence-corrected chi connectivity index (χ1v) is 9.72. The number of methoxy groups -OCH3 is 1. The number of para-hydroxylation sites is 2. The van der Waals surface area contributed by atoms with Gasteiger partial charge in [-0.05, 0) is 30.3 Å². The van der Waals surface area contributed by atoms with Crippen LogP contribution in [0.4, 0.5) is 11.4 Å². The van der Waals surface area contributed by atoms with E-state index in [9.17, 15) is 14.4 Å². The summed E-state index contributed by atoms with van der Waals surface area (Å²) in [6.07, 6.45) is 0. The fraction of sp³-hybridized carbons (Fsp3) is 0.250. The van der Waals surface area contributed by atoms with Crippen molar-refractivity contribution >= 4 is 40.7 Å². The molecule has 1 N–H and O–H groups in total. The number of fused-ring (bicyclic) bond motifs is 1. The number of carbonyl (C=O) groups excluding carboxylic acids is 3. The van der Waals surface area contributed by atoms with E-state index in [1.54, 1.807) is 43.4 Å². The van der Waals surface area contributed by atoms with Crippen LogP contribution < -0.4 is 19.7 Å². The Bertz CT molecular complexity index is 915. The summed E-state index contributed by atoms with van der Waals surface area (Å²) in [6.45, 7) is -0.00600. The molecular formula is C20H20N2O5S. The van der Waals surface area contributed by atoms with Crippen molar-refractivity contribution in [2.45, 2.75) is 0 Å². The third kappa shape index (κ3) is 4.45. The highest BCUT2D eigenvalue weighted by Gasteiger charge is 2.23. The van der Waals surface area contributed by atoms with Crippen LogP contribution in [-0.2, 0) is 9.59 Å². The van der Waals surface area contributed by atoms with Gasteiger partial charge in [-0.1, -0.05) is 12.1 Å². The summed E-state index contributed by atoms with van der Waals surface area (Å²) >= 11 is 1.22. The van der Waals surface area contributed by atoms with Gasteiger partial charge in [0.25, 0.3) is 5.91 Å². The van der Waals surface area contributed by atoms with Crippen LogP contribution in [0.2, 0.25) is 0 Å². The van der Waals surface area contributed by atoms with Gasteiger partial charge in [0, 0.05) is 12.6 Å². The van der Waals surface area contributed by atoms with Gasteiger partial charge in [-0.25, -0.2) is 0 Å². The molecule has 146 valence electrons. The molecule has 0 bridgehead atoms. The van der Waals surface area contributed by atoms with Gasteiger partial charge in [0.05, 0.1) is 30.0 Å². The van der Waals surface area contributed by atoms with Gasteiger partial charge < -0.3 is 19.7 Å². The first-order valence-electron chi connectivity index (χ1n) is 8.57. The van der Waals surface area contributed by atoms with E-state index in [0.717, 1.165) is 0 Å². The lowest BCUT2D eigenvalue weighted by atomic mass is 10.1. The van der Waals surface area contributed by atoms with Crippen LogP contribution in [0.1, 0.15) is 10.4 Å². The number of thioether (sulfide) groups is 1. The molecule has 3 rings (SSSR count). The molecule has 0 unspecified atom stereocenters. The van der Waals surface area contributed by atoms with Crippen LogP contribution in [0.3, 0.4) is 0 Å². The molecule has 2 aromatic rings. The van der Waals surface area contributed by atoms with Crippen molar-refractivity contribution in [3.63, 3.8) is 0 Å². The maximum Gasteiger partial charge on any atom is 0.264 e. The molecule has 0 saturated heterocycles. The predicted molar refractivity (Wildman–Crippen MR) is 109 cm³/mol. The fourth-order valence-corrected chi connectivity index (χ4v) is 3.41. The minimum absolute atomic E-state index is 0.00600. The van der Waals surface area contributed by atoms with Crippen molar-refractivity contribution in [2.75, 3.05) is 42.5 Å². The Morgan fingerprint density at radius 1 is 1.21 bits per heavy atom. The Hall–Kier alpha value is -3.00. The van der Waals surface area contributed by atoms with E-state index in [-0.39, 0.29) is 35.7 Å². The van der Waals surface area contributed by atoms with Crippen molar-refractivity contribution in [1.29, 1.82) is 0 Å². The number of benzene rings is 2. The molecule has 1 aliphatic heterocycles. The molecule has 8 heteroatoms. The third-order valence-electron chi connectivity index (χ3n) is 4.21. The zero-order valence-corrected chi connectivity index (χ0v) is 16.4. The van der Waals surface area contributed by atoms with Crippen LogP contribution in [0, 0.1) is 0 Å². The number of nitrogens with zero attached hydrogens (tertiary/aromatic N) is 1. The van der Waals surface area contributed by atoms with Gasteiger partial charge in [0.1, 0.15) is 11.5 Å². The first kappa shape index (κ1) is 19.8. The highest BCUT2D eigenvalue weighted by atomic mass is 32.2. The molecule has 28 heavy (non-hydrogen) atoms. The number of hydrogen-bond donors (Lipinski definition) is 1. The first-order chi connectivity index (χ1) is 13.5. The second-order valence-corrected chi connectivity index (χ2v) is 7.07. The summed E-state index contributed by atoms with van der Waals surface area (Å²) in [7, 11) is 3.18. The molecule has 0 atom stereocenters. The highest BCUT2D eigenvalue weighted by Crippen LogP contribution is 2.32. The summed E-state index contributed by atoms with van der Waals surface area (Å²) < 4.78 is 10.6. The van der Waals surface area contributed by atoms with Gasteiger partial charge in [0.2, 0.25) is 5.91 Å². The predicted octanol–water partition coefficient (Wildman–Crippen LogP) is 2.61. The van der Waals surface area contributed by atoms with Gasteiger partial charge >= 0.3 is 0 Å². The number of hydrogen-bond acceptors (Lipinski definition) is 6. The lowest BCUT2D eigenvalue weighted by Crippen LogP contribution is -2.35. The summed E-state index contributed by atoms with van der Waals surface area (Å²) in [5, 5.41) is 2.77. The topological polar surface area (TPSA) is 84.9 Å². The number of Topliss-reactive ketones (excluding diaryl/α,β-unsaturated/α-hetero) is 1. The number of ether oxygens (including phenoxy) is 2. The van der Waals surface area contributed by atoms with Crippen molar-refractivity contribution in [1.82, 2.24) is 0 Å². The number of likely N-dealkylation sites (N-methyl/N-ethyl adjacent to an activating group) is 1. The van der Waals surface area contributed by atoms with Crippen molar-refractivity contribution in [3.8, 4) is 11.5 Å². The van der Waals surface area contributed by atoms with E-state index in [4.69, 9.17) is 9.47 Å². The zero-order valence-electron chi connectivity index (χ0n) is 15.6. The molecule has 0 aliphatic carbocycles. The number of rotatable bonds is 7. The summed E-state index contributed by atoms with van der Waals surface area (Å²) in [5.41, 5.74) is 1.63. The standard InChI is InChI=1S/C20H20N2O5S/c1-22-15-9-13(7-8-18(15)27-10-20(22)25)16(23)11-28-12-19(24)21-14-5-3-4-6-17(14)26-2/h3-9H,10-12H2,1-2H3,(H,21,24). The molecule has 2 aromatic carbocycles. The Labute approximate surface area is 167 Å². The molecular weight excluding hydrogens is 380 g/mol. The zero-order chi connectivity index (χ0) is 20.1. The van der Waals surface area contributed by atoms with E-state index in [1.807, 2.05) is 6.07 Å². The molecule has 0 saturated carbocycles. The number of carbonyl (C=O) groups is 3. The monoisotopic (exact) mass is 400 g/mol.